The minimum absolute atomic E-state index is 0.0917. The van der Waals surface area contributed by atoms with E-state index in [2.05, 4.69) is 0 Å². The second kappa shape index (κ2) is 7.20. The van der Waals surface area contributed by atoms with E-state index in [1.807, 2.05) is 37.3 Å². The van der Waals surface area contributed by atoms with Crippen molar-refractivity contribution in [1.29, 1.82) is 0 Å². The Morgan fingerprint density at radius 1 is 0.889 bits per heavy atom. The van der Waals surface area contributed by atoms with E-state index in [1.54, 1.807) is 12.1 Å². The van der Waals surface area contributed by atoms with Gasteiger partial charge in [0.2, 0.25) is 0 Å². The van der Waals surface area contributed by atoms with Crippen molar-refractivity contribution in [1.82, 2.24) is 0 Å². The zero-order chi connectivity index (χ0) is 19.6. The number of aryl methyl sites for hydroxylation is 1. The molecule has 0 spiro atoms. The molecule has 3 rings (SSSR count). The molecule has 0 amide bonds. The Bertz CT molecular complexity index is 1080. The first-order chi connectivity index (χ1) is 12.8. The Morgan fingerprint density at radius 2 is 1.52 bits per heavy atom. The molecule has 0 aromatic heterocycles. The summed E-state index contributed by atoms with van der Waals surface area (Å²) in [5.41, 5.74) is 3.11. The van der Waals surface area contributed by atoms with Crippen LogP contribution in [-0.4, -0.2) is 20.4 Å². The summed E-state index contributed by atoms with van der Waals surface area (Å²) in [5.74, 6) is 0. The van der Waals surface area contributed by atoms with Crippen molar-refractivity contribution < 1.29 is 13.3 Å². The van der Waals surface area contributed by atoms with Gasteiger partial charge in [-0.25, -0.2) is 8.42 Å². The first-order valence-electron chi connectivity index (χ1n) is 8.19. The molecule has 3 aromatic rings. The summed E-state index contributed by atoms with van der Waals surface area (Å²) in [5, 5.41) is 10.8. The summed E-state index contributed by atoms with van der Waals surface area (Å²) in [6.45, 7) is 1.99. The van der Waals surface area contributed by atoms with Crippen molar-refractivity contribution >= 4 is 21.4 Å². The zero-order valence-electron chi connectivity index (χ0n) is 14.9. The average Bonchev–Trinajstić information content (AvgIpc) is 2.68. The van der Waals surface area contributed by atoms with Crippen LogP contribution in [0, 0.1) is 17.0 Å². The van der Waals surface area contributed by atoms with Crippen LogP contribution >= 0.6 is 0 Å². The molecule has 0 atom stereocenters. The molecule has 27 heavy (non-hydrogen) atoms. The topological polar surface area (TPSA) is 80.5 Å². The predicted molar refractivity (Wildman–Crippen MR) is 105 cm³/mol. The van der Waals surface area contributed by atoms with E-state index in [0.717, 1.165) is 21.0 Å². The lowest BCUT2D eigenvalue weighted by Gasteiger charge is -2.20. The zero-order valence-corrected chi connectivity index (χ0v) is 15.7. The molecule has 0 saturated carbocycles. The van der Waals surface area contributed by atoms with Gasteiger partial charge in [0.05, 0.1) is 15.5 Å². The summed E-state index contributed by atoms with van der Waals surface area (Å²) in [6, 6.07) is 20.0. The number of sulfonamides is 1. The highest BCUT2D eigenvalue weighted by molar-refractivity contribution is 7.92. The van der Waals surface area contributed by atoms with Gasteiger partial charge in [-0.3, -0.25) is 14.4 Å². The van der Waals surface area contributed by atoms with E-state index in [0.29, 0.717) is 5.69 Å². The van der Waals surface area contributed by atoms with Gasteiger partial charge in [0.15, 0.2) is 0 Å². The number of nitro groups is 1. The van der Waals surface area contributed by atoms with Gasteiger partial charge in [0, 0.05) is 19.2 Å². The normalized spacial score (nSPS) is 11.2. The fourth-order valence-corrected chi connectivity index (χ4v) is 3.91. The molecule has 0 unspecified atom stereocenters. The fourth-order valence-electron chi connectivity index (χ4n) is 2.66. The average molecular weight is 382 g/mol. The fraction of sp³-hybridized carbons (Fsp3) is 0.100. The second-order valence-corrected chi connectivity index (χ2v) is 8.11. The lowest BCUT2D eigenvalue weighted by molar-refractivity contribution is -0.384. The standard InChI is InChI=1S/C20H18N2O4S/c1-15-6-8-16(9-7-15)17-4-3-5-20(14-17)27(25,26)21(2)18-10-12-19(13-11-18)22(23)24/h3-14H,1-2H3. The van der Waals surface area contributed by atoms with Crippen molar-refractivity contribution in [2.45, 2.75) is 11.8 Å². The number of nitro benzene ring substituents is 1. The van der Waals surface area contributed by atoms with Crippen LogP contribution in [0.25, 0.3) is 11.1 Å². The molecule has 0 heterocycles. The van der Waals surface area contributed by atoms with Crippen molar-refractivity contribution in [2.75, 3.05) is 11.4 Å². The summed E-state index contributed by atoms with van der Waals surface area (Å²) in [7, 11) is -2.37. The van der Waals surface area contributed by atoms with Gasteiger partial charge in [-0.1, -0.05) is 42.0 Å². The van der Waals surface area contributed by atoms with E-state index in [9.17, 15) is 18.5 Å². The van der Waals surface area contributed by atoms with E-state index < -0.39 is 14.9 Å². The van der Waals surface area contributed by atoms with E-state index >= 15 is 0 Å². The van der Waals surface area contributed by atoms with Crippen molar-refractivity contribution in [3.8, 4) is 11.1 Å². The van der Waals surface area contributed by atoms with Crippen molar-refractivity contribution in [2.24, 2.45) is 0 Å². The third kappa shape index (κ3) is 3.83. The summed E-state index contributed by atoms with van der Waals surface area (Å²) < 4.78 is 27.1. The van der Waals surface area contributed by atoms with E-state index in [1.165, 1.54) is 37.4 Å². The summed E-state index contributed by atoms with van der Waals surface area (Å²) in [4.78, 5) is 10.4. The Balaban J connectivity index is 1.95. The highest BCUT2D eigenvalue weighted by atomic mass is 32.2. The molecule has 0 saturated heterocycles. The van der Waals surface area contributed by atoms with E-state index in [-0.39, 0.29) is 10.6 Å². The number of anilines is 1. The number of rotatable bonds is 5. The van der Waals surface area contributed by atoms with Crippen LogP contribution in [-0.2, 0) is 10.0 Å². The lowest BCUT2D eigenvalue weighted by atomic mass is 10.0. The largest absolute Gasteiger partial charge is 0.269 e. The molecule has 0 radical (unpaired) electrons. The van der Waals surface area contributed by atoms with Gasteiger partial charge in [-0.15, -0.1) is 0 Å². The molecule has 7 heteroatoms. The first-order valence-corrected chi connectivity index (χ1v) is 9.63. The van der Waals surface area contributed by atoms with Crippen LogP contribution < -0.4 is 4.31 Å². The van der Waals surface area contributed by atoms with Crippen LogP contribution in [0.1, 0.15) is 5.56 Å². The highest BCUT2D eigenvalue weighted by Crippen LogP contribution is 2.27. The van der Waals surface area contributed by atoms with Gasteiger partial charge in [0.1, 0.15) is 0 Å². The second-order valence-electron chi connectivity index (χ2n) is 6.14. The van der Waals surface area contributed by atoms with Crippen LogP contribution in [0.15, 0.2) is 77.7 Å². The third-order valence-corrected chi connectivity index (χ3v) is 6.08. The Kier molecular flexibility index (Phi) is 4.96. The van der Waals surface area contributed by atoms with Crippen LogP contribution in [0.4, 0.5) is 11.4 Å². The number of nitrogens with zero attached hydrogens (tertiary/aromatic N) is 2. The number of non-ortho nitro benzene ring substituents is 1. The van der Waals surface area contributed by atoms with Gasteiger partial charge < -0.3 is 0 Å². The number of benzene rings is 3. The molecular weight excluding hydrogens is 364 g/mol. The molecule has 138 valence electrons. The summed E-state index contributed by atoms with van der Waals surface area (Å²) in [6.07, 6.45) is 0. The first kappa shape index (κ1) is 18.6. The molecular formula is C20H18N2O4S. The van der Waals surface area contributed by atoms with Gasteiger partial charge in [-0.2, -0.15) is 0 Å². The monoisotopic (exact) mass is 382 g/mol. The highest BCUT2D eigenvalue weighted by Gasteiger charge is 2.22. The quantitative estimate of drug-likeness (QED) is 0.484. The molecule has 0 N–H and O–H groups in total. The Labute approximate surface area is 157 Å². The van der Waals surface area contributed by atoms with Gasteiger partial charge >= 0.3 is 0 Å². The predicted octanol–water partition coefficient (Wildman–Crippen LogP) is 4.40. The van der Waals surface area contributed by atoms with E-state index in [4.69, 9.17) is 0 Å². The van der Waals surface area contributed by atoms with Gasteiger partial charge in [0.25, 0.3) is 15.7 Å². The molecule has 0 fully saturated rings. The summed E-state index contributed by atoms with van der Waals surface area (Å²) >= 11 is 0. The van der Waals surface area contributed by atoms with Gasteiger partial charge in [-0.05, 0) is 42.3 Å². The molecule has 6 nitrogen and oxygen atoms in total. The molecule has 0 aliphatic heterocycles. The molecule has 0 aliphatic rings. The number of hydrogen-bond acceptors (Lipinski definition) is 4. The van der Waals surface area contributed by atoms with Crippen molar-refractivity contribution in [3.63, 3.8) is 0 Å². The molecule has 0 aliphatic carbocycles. The SMILES string of the molecule is Cc1ccc(-c2cccc(S(=O)(=O)N(C)c3ccc([N+](=O)[O-])cc3)c2)cc1. The van der Waals surface area contributed by atoms with Crippen LogP contribution in [0.5, 0.6) is 0 Å². The number of hydrogen-bond donors (Lipinski definition) is 0. The lowest BCUT2D eigenvalue weighted by Crippen LogP contribution is -2.26. The maximum atomic E-state index is 13.0. The maximum absolute atomic E-state index is 13.0. The minimum Gasteiger partial charge on any atom is -0.269 e. The Morgan fingerprint density at radius 3 is 2.11 bits per heavy atom. The molecule has 3 aromatic carbocycles. The van der Waals surface area contributed by atoms with Crippen molar-refractivity contribution in [3.05, 3.63) is 88.5 Å². The Hall–Kier alpha value is -3.19. The maximum Gasteiger partial charge on any atom is 0.269 e. The third-order valence-electron chi connectivity index (χ3n) is 4.30. The minimum atomic E-state index is -3.80. The molecule has 0 bridgehead atoms. The van der Waals surface area contributed by atoms with Crippen LogP contribution in [0.2, 0.25) is 0 Å². The van der Waals surface area contributed by atoms with Crippen LogP contribution in [0.3, 0.4) is 0 Å². The smallest absolute Gasteiger partial charge is 0.269 e.